The quantitative estimate of drug-likeness (QED) is 0.702. The van der Waals surface area contributed by atoms with Crippen molar-refractivity contribution in [2.75, 3.05) is 17.6 Å². The zero-order valence-electron chi connectivity index (χ0n) is 11.2. The standard InChI is InChI=1S/C14H24N2S/c1-4-9-15-14-7-5-6-13(16-14)11-17-10-8-12(2)3/h5-7,12H,4,8-11H2,1-3H3,(H,15,16). The molecule has 1 aromatic rings. The number of rotatable bonds is 8. The molecule has 0 amide bonds. The van der Waals surface area contributed by atoms with Gasteiger partial charge in [-0.3, -0.25) is 0 Å². The number of hydrogen-bond acceptors (Lipinski definition) is 3. The van der Waals surface area contributed by atoms with E-state index in [0.717, 1.165) is 30.5 Å². The van der Waals surface area contributed by atoms with E-state index in [1.807, 2.05) is 17.8 Å². The van der Waals surface area contributed by atoms with E-state index in [1.165, 1.54) is 17.9 Å². The molecule has 0 spiro atoms. The van der Waals surface area contributed by atoms with Crippen molar-refractivity contribution in [2.24, 2.45) is 5.92 Å². The van der Waals surface area contributed by atoms with Crippen LogP contribution in [0.2, 0.25) is 0 Å². The molecule has 2 nitrogen and oxygen atoms in total. The smallest absolute Gasteiger partial charge is 0.126 e. The molecular formula is C14H24N2S. The molecule has 0 aliphatic heterocycles. The first-order valence-electron chi connectivity index (χ1n) is 6.50. The lowest BCUT2D eigenvalue weighted by atomic mass is 10.2. The van der Waals surface area contributed by atoms with Crippen LogP contribution >= 0.6 is 11.8 Å². The molecule has 1 aromatic heterocycles. The van der Waals surface area contributed by atoms with Gasteiger partial charge in [-0.05, 0) is 36.6 Å². The molecule has 1 rings (SSSR count). The maximum absolute atomic E-state index is 4.59. The Balaban J connectivity index is 2.32. The van der Waals surface area contributed by atoms with E-state index in [1.54, 1.807) is 0 Å². The molecule has 96 valence electrons. The van der Waals surface area contributed by atoms with Crippen molar-refractivity contribution in [3.8, 4) is 0 Å². The summed E-state index contributed by atoms with van der Waals surface area (Å²) in [4.78, 5) is 4.59. The van der Waals surface area contributed by atoms with Crippen LogP contribution in [-0.2, 0) is 5.75 Å². The van der Waals surface area contributed by atoms with Crippen LogP contribution in [0.25, 0.3) is 0 Å². The molecule has 17 heavy (non-hydrogen) atoms. The molecule has 3 heteroatoms. The van der Waals surface area contributed by atoms with Gasteiger partial charge in [0, 0.05) is 12.3 Å². The molecular weight excluding hydrogens is 228 g/mol. The summed E-state index contributed by atoms with van der Waals surface area (Å²) in [6, 6.07) is 6.24. The third-order valence-electron chi connectivity index (χ3n) is 2.45. The summed E-state index contributed by atoms with van der Waals surface area (Å²) in [6.45, 7) is 7.71. The van der Waals surface area contributed by atoms with E-state index in [2.05, 4.69) is 43.2 Å². The number of thioether (sulfide) groups is 1. The van der Waals surface area contributed by atoms with Crippen molar-refractivity contribution in [3.05, 3.63) is 23.9 Å². The predicted molar refractivity (Wildman–Crippen MR) is 78.6 cm³/mol. The lowest BCUT2D eigenvalue weighted by Crippen LogP contribution is -2.02. The number of pyridine rings is 1. The molecule has 0 fully saturated rings. The lowest BCUT2D eigenvalue weighted by molar-refractivity contribution is 0.632. The maximum atomic E-state index is 4.59. The molecule has 0 aromatic carbocycles. The molecule has 0 unspecified atom stereocenters. The van der Waals surface area contributed by atoms with Gasteiger partial charge in [0.25, 0.3) is 0 Å². The fourth-order valence-electron chi connectivity index (χ4n) is 1.41. The number of anilines is 1. The second kappa shape index (κ2) is 8.40. The van der Waals surface area contributed by atoms with Crippen molar-refractivity contribution in [3.63, 3.8) is 0 Å². The van der Waals surface area contributed by atoms with E-state index in [0.29, 0.717) is 0 Å². The van der Waals surface area contributed by atoms with Crippen LogP contribution in [0.15, 0.2) is 18.2 Å². The molecule has 0 saturated heterocycles. The fraction of sp³-hybridized carbons (Fsp3) is 0.643. The van der Waals surface area contributed by atoms with Crippen LogP contribution in [0.4, 0.5) is 5.82 Å². The van der Waals surface area contributed by atoms with Crippen molar-refractivity contribution in [1.82, 2.24) is 4.98 Å². The minimum absolute atomic E-state index is 0.799. The van der Waals surface area contributed by atoms with Gasteiger partial charge in [-0.1, -0.05) is 26.8 Å². The first-order valence-corrected chi connectivity index (χ1v) is 7.65. The van der Waals surface area contributed by atoms with Gasteiger partial charge in [-0.25, -0.2) is 4.98 Å². The van der Waals surface area contributed by atoms with E-state index >= 15 is 0 Å². The summed E-state index contributed by atoms with van der Waals surface area (Å²) < 4.78 is 0. The molecule has 1 heterocycles. The van der Waals surface area contributed by atoms with Crippen LogP contribution in [0, 0.1) is 5.92 Å². The minimum atomic E-state index is 0.799. The predicted octanol–water partition coefficient (Wildman–Crippen LogP) is 4.18. The Hall–Kier alpha value is -0.700. The highest BCUT2D eigenvalue weighted by Gasteiger charge is 1.99. The minimum Gasteiger partial charge on any atom is -0.370 e. The SMILES string of the molecule is CCCNc1cccc(CSCCC(C)C)n1. The third kappa shape index (κ3) is 6.57. The molecule has 0 bridgehead atoms. The fourth-order valence-corrected chi connectivity index (χ4v) is 2.56. The summed E-state index contributed by atoms with van der Waals surface area (Å²) in [5, 5.41) is 3.32. The largest absolute Gasteiger partial charge is 0.370 e. The van der Waals surface area contributed by atoms with Crippen LogP contribution in [-0.4, -0.2) is 17.3 Å². The second-order valence-electron chi connectivity index (χ2n) is 4.68. The summed E-state index contributed by atoms with van der Waals surface area (Å²) in [7, 11) is 0. The van der Waals surface area contributed by atoms with Gasteiger partial charge in [0.05, 0.1) is 5.69 Å². The van der Waals surface area contributed by atoms with Gasteiger partial charge in [-0.2, -0.15) is 11.8 Å². The Morgan fingerprint density at radius 2 is 2.18 bits per heavy atom. The molecule has 0 atom stereocenters. The van der Waals surface area contributed by atoms with Crippen molar-refractivity contribution >= 4 is 17.6 Å². The Morgan fingerprint density at radius 1 is 1.35 bits per heavy atom. The topological polar surface area (TPSA) is 24.9 Å². The highest BCUT2D eigenvalue weighted by molar-refractivity contribution is 7.98. The van der Waals surface area contributed by atoms with Crippen molar-refractivity contribution in [1.29, 1.82) is 0 Å². The number of nitrogens with one attached hydrogen (secondary N) is 1. The third-order valence-corrected chi connectivity index (χ3v) is 3.48. The molecule has 0 aliphatic rings. The summed E-state index contributed by atoms with van der Waals surface area (Å²) in [5.74, 6) is 4.06. The first kappa shape index (κ1) is 14.4. The van der Waals surface area contributed by atoms with Crippen LogP contribution in [0.1, 0.15) is 39.3 Å². The highest BCUT2D eigenvalue weighted by Crippen LogP contribution is 2.15. The molecule has 0 aliphatic carbocycles. The Kier molecular flexibility index (Phi) is 7.10. The Morgan fingerprint density at radius 3 is 2.88 bits per heavy atom. The van der Waals surface area contributed by atoms with Crippen molar-refractivity contribution in [2.45, 2.75) is 39.4 Å². The number of nitrogens with zero attached hydrogens (tertiary/aromatic N) is 1. The van der Waals surface area contributed by atoms with Crippen LogP contribution < -0.4 is 5.32 Å². The van der Waals surface area contributed by atoms with Gasteiger partial charge in [-0.15, -0.1) is 0 Å². The van der Waals surface area contributed by atoms with Gasteiger partial charge in [0.15, 0.2) is 0 Å². The zero-order valence-corrected chi connectivity index (χ0v) is 12.0. The number of aromatic nitrogens is 1. The average molecular weight is 252 g/mol. The maximum Gasteiger partial charge on any atom is 0.126 e. The molecule has 0 saturated carbocycles. The Bertz CT molecular complexity index is 313. The van der Waals surface area contributed by atoms with Crippen LogP contribution in [0.5, 0.6) is 0 Å². The first-order chi connectivity index (χ1) is 8.22. The van der Waals surface area contributed by atoms with Crippen molar-refractivity contribution < 1.29 is 0 Å². The van der Waals surface area contributed by atoms with Gasteiger partial charge in [0.2, 0.25) is 0 Å². The Labute approximate surface area is 110 Å². The van der Waals surface area contributed by atoms with Gasteiger partial charge >= 0.3 is 0 Å². The van der Waals surface area contributed by atoms with E-state index in [9.17, 15) is 0 Å². The summed E-state index contributed by atoms with van der Waals surface area (Å²) in [6.07, 6.45) is 2.42. The summed E-state index contributed by atoms with van der Waals surface area (Å²) >= 11 is 1.98. The number of hydrogen-bond donors (Lipinski definition) is 1. The monoisotopic (exact) mass is 252 g/mol. The highest BCUT2D eigenvalue weighted by atomic mass is 32.2. The average Bonchev–Trinajstić information content (AvgIpc) is 2.32. The molecule has 0 radical (unpaired) electrons. The van der Waals surface area contributed by atoms with Gasteiger partial charge in [0.1, 0.15) is 5.82 Å². The zero-order chi connectivity index (χ0) is 12.5. The second-order valence-corrected chi connectivity index (χ2v) is 5.78. The van der Waals surface area contributed by atoms with E-state index in [-0.39, 0.29) is 0 Å². The lowest BCUT2D eigenvalue weighted by Gasteiger charge is -2.07. The van der Waals surface area contributed by atoms with E-state index < -0.39 is 0 Å². The van der Waals surface area contributed by atoms with Crippen LogP contribution in [0.3, 0.4) is 0 Å². The normalized spacial score (nSPS) is 10.8. The van der Waals surface area contributed by atoms with E-state index in [4.69, 9.17) is 0 Å². The molecule has 1 N–H and O–H groups in total. The van der Waals surface area contributed by atoms with Gasteiger partial charge < -0.3 is 5.32 Å². The summed E-state index contributed by atoms with van der Waals surface area (Å²) in [5.41, 5.74) is 1.18.